The van der Waals surface area contributed by atoms with Crippen LogP contribution in [0.2, 0.25) is 0 Å². The van der Waals surface area contributed by atoms with Gasteiger partial charge in [0.05, 0.1) is 17.9 Å². The average molecular weight is 236 g/mol. The fourth-order valence-corrected chi connectivity index (χ4v) is 3.74. The molecular formula is C14H22NO2+. The van der Waals surface area contributed by atoms with E-state index < -0.39 is 0 Å². The van der Waals surface area contributed by atoms with E-state index in [0.717, 1.165) is 18.6 Å². The molecule has 0 bridgehead atoms. The third-order valence-electron chi connectivity index (χ3n) is 4.48. The molecule has 3 rings (SSSR count). The molecule has 1 aliphatic heterocycles. The summed E-state index contributed by atoms with van der Waals surface area (Å²) in [6.45, 7) is 0. The van der Waals surface area contributed by atoms with Crippen molar-refractivity contribution >= 4 is 0 Å². The van der Waals surface area contributed by atoms with Crippen molar-refractivity contribution in [3.05, 3.63) is 24.2 Å². The van der Waals surface area contributed by atoms with E-state index in [1.807, 2.05) is 12.1 Å². The first-order chi connectivity index (χ1) is 8.27. The number of quaternary nitrogens is 1. The fraction of sp³-hybridized carbons (Fsp3) is 0.714. The van der Waals surface area contributed by atoms with Crippen molar-refractivity contribution in [2.45, 2.75) is 62.6 Å². The number of aliphatic hydroxyl groups excluding tert-OH is 1. The monoisotopic (exact) mass is 236 g/mol. The van der Waals surface area contributed by atoms with Crippen molar-refractivity contribution in [1.82, 2.24) is 0 Å². The van der Waals surface area contributed by atoms with Crippen LogP contribution in [0.4, 0.5) is 0 Å². The van der Waals surface area contributed by atoms with Gasteiger partial charge in [0.15, 0.2) is 5.76 Å². The lowest BCUT2D eigenvalue weighted by atomic mass is 9.74. The van der Waals surface area contributed by atoms with Gasteiger partial charge in [0.2, 0.25) is 0 Å². The predicted octanol–water partition coefficient (Wildman–Crippen LogP) is 1.74. The topological polar surface area (TPSA) is 50.0 Å². The molecule has 1 spiro atoms. The summed E-state index contributed by atoms with van der Waals surface area (Å²) in [6, 6.07) is 4.29. The first-order valence-corrected chi connectivity index (χ1v) is 6.85. The molecule has 3 nitrogen and oxygen atoms in total. The molecule has 2 atom stereocenters. The Kier molecular flexibility index (Phi) is 2.97. The first-order valence-electron chi connectivity index (χ1n) is 6.85. The Hall–Kier alpha value is -0.800. The lowest BCUT2D eigenvalue weighted by molar-refractivity contribution is -0.779. The van der Waals surface area contributed by atoms with Gasteiger partial charge in [-0.2, -0.15) is 0 Å². The Bertz CT molecular complexity index is 354. The van der Waals surface area contributed by atoms with Crippen molar-refractivity contribution in [1.29, 1.82) is 0 Å². The van der Waals surface area contributed by atoms with Crippen LogP contribution in [0.15, 0.2) is 22.8 Å². The molecular weight excluding hydrogens is 214 g/mol. The van der Waals surface area contributed by atoms with Crippen LogP contribution in [0.3, 0.4) is 0 Å². The van der Waals surface area contributed by atoms with Gasteiger partial charge in [-0.25, -0.2) is 0 Å². The normalized spacial score (nSPS) is 32.8. The summed E-state index contributed by atoms with van der Waals surface area (Å²) in [4.78, 5) is 0. The number of rotatable bonds is 1. The van der Waals surface area contributed by atoms with Gasteiger partial charge < -0.3 is 14.8 Å². The standard InChI is InChI=1S/C14H21NO2/c16-11-9-12(13-5-4-8-17-13)15-14(10-11)6-2-1-3-7-14/h4-5,8,11-12,15-16H,1-3,6-7,9-10H2/p+1/t11-,12-/m1/s1. The Morgan fingerprint density at radius 1 is 1.29 bits per heavy atom. The van der Waals surface area contributed by atoms with Crippen LogP contribution in [-0.4, -0.2) is 16.7 Å². The molecule has 0 amide bonds. The van der Waals surface area contributed by atoms with E-state index >= 15 is 0 Å². The lowest BCUT2D eigenvalue weighted by Crippen LogP contribution is -2.99. The molecule has 0 unspecified atom stereocenters. The number of furan rings is 1. The zero-order valence-electron chi connectivity index (χ0n) is 10.3. The number of hydrogen-bond donors (Lipinski definition) is 2. The molecule has 1 saturated carbocycles. The highest BCUT2D eigenvalue weighted by Gasteiger charge is 2.45. The van der Waals surface area contributed by atoms with Crippen LogP contribution in [0, 0.1) is 0 Å². The number of piperidine rings is 1. The smallest absolute Gasteiger partial charge is 0.161 e. The van der Waals surface area contributed by atoms with Gasteiger partial charge in [0, 0.05) is 25.7 Å². The molecule has 1 aromatic heterocycles. The average Bonchev–Trinajstić information content (AvgIpc) is 2.82. The van der Waals surface area contributed by atoms with Gasteiger partial charge in [0.1, 0.15) is 6.04 Å². The van der Waals surface area contributed by atoms with E-state index in [-0.39, 0.29) is 11.6 Å². The zero-order valence-corrected chi connectivity index (χ0v) is 10.3. The van der Waals surface area contributed by atoms with Gasteiger partial charge in [0.25, 0.3) is 0 Å². The maximum absolute atomic E-state index is 10.1. The lowest BCUT2D eigenvalue weighted by Gasteiger charge is -2.42. The van der Waals surface area contributed by atoms with E-state index in [1.54, 1.807) is 6.26 Å². The van der Waals surface area contributed by atoms with Crippen molar-refractivity contribution in [3.8, 4) is 0 Å². The Labute approximate surface area is 102 Å². The molecule has 1 saturated heterocycles. The molecule has 3 N–H and O–H groups in total. The second-order valence-electron chi connectivity index (χ2n) is 5.81. The molecule has 1 aliphatic carbocycles. The summed E-state index contributed by atoms with van der Waals surface area (Å²) >= 11 is 0. The second kappa shape index (κ2) is 4.46. The van der Waals surface area contributed by atoms with Gasteiger partial charge >= 0.3 is 0 Å². The van der Waals surface area contributed by atoms with Crippen LogP contribution < -0.4 is 5.32 Å². The first kappa shape index (κ1) is 11.3. The summed E-state index contributed by atoms with van der Waals surface area (Å²) in [5.74, 6) is 1.02. The molecule has 2 fully saturated rings. The molecule has 0 aromatic carbocycles. The summed E-state index contributed by atoms with van der Waals surface area (Å²) in [6.07, 6.45) is 9.85. The van der Waals surface area contributed by atoms with Crippen LogP contribution in [0.25, 0.3) is 0 Å². The van der Waals surface area contributed by atoms with Gasteiger partial charge in [-0.3, -0.25) is 0 Å². The summed E-state index contributed by atoms with van der Waals surface area (Å²) in [5, 5.41) is 12.6. The fourth-order valence-electron chi connectivity index (χ4n) is 3.74. The largest absolute Gasteiger partial charge is 0.463 e. The van der Waals surface area contributed by atoms with E-state index in [1.165, 1.54) is 32.1 Å². The zero-order chi connectivity index (χ0) is 11.7. The van der Waals surface area contributed by atoms with Crippen LogP contribution >= 0.6 is 0 Å². The maximum Gasteiger partial charge on any atom is 0.161 e. The number of aliphatic hydroxyl groups is 1. The van der Waals surface area contributed by atoms with Crippen molar-refractivity contribution in [2.24, 2.45) is 0 Å². The maximum atomic E-state index is 10.1. The quantitative estimate of drug-likeness (QED) is 0.780. The highest BCUT2D eigenvalue weighted by molar-refractivity contribution is 5.04. The van der Waals surface area contributed by atoms with E-state index in [9.17, 15) is 5.11 Å². The minimum Gasteiger partial charge on any atom is -0.463 e. The van der Waals surface area contributed by atoms with E-state index in [4.69, 9.17) is 4.42 Å². The molecule has 3 heteroatoms. The SMILES string of the molecule is O[C@@H]1C[C@H](c2ccco2)[NH2+]C2(CCCCC2)C1. The van der Waals surface area contributed by atoms with E-state index in [2.05, 4.69) is 5.32 Å². The van der Waals surface area contributed by atoms with Crippen LogP contribution in [-0.2, 0) is 0 Å². The Morgan fingerprint density at radius 3 is 2.82 bits per heavy atom. The minimum atomic E-state index is -0.159. The third-order valence-corrected chi connectivity index (χ3v) is 4.48. The molecule has 0 radical (unpaired) electrons. The van der Waals surface area contributed by atoms with Gasteiger partial charge in [-0.15, -0.1) is 0 Å². The predicted molar refractivity (Wildman–Crippen MR) is 64.4 cm³/mol. The molecule has 17 heavy (non-hydrogen) atoms. The minimum absolute atomic E-state index is 0.159. The van der Waals surface area contributed by atoms with Gasteiger partial charge in [-0.1, -0.05) is 6.42 Å². The molecule has 2 aliphatic rings. The van der Waals surface area contributed by atoms with Crippen LogP contribution in [0.1, 0.15) is 56.7 Å². The number of hydrogen-bond acceptors (Lipinski definition) is 2. The van der Waals surface area contributed by atoms with Crippen molar-refractivity contribution in [3.63, 3.8) is 0 Å². The Morgan fingerprint density at radius 2 is 2.12 bits per heavy atom. The van der Waals surface area contributed by atoms with E-state index in [0.29, 0.717) is 6.04 Å². The molecule has 1 aromatic rings. The summed E-state index contributed by atoms with van der Waals surface area (Å²) in [5.41, 5.74) is 0.285. The third kappa shape index (κ3) is 2.26. The highest BCUT2D eigenvalue weighted by Crippen LogP contribution is 2.34. The molecule has 94 valence electrons. The summed E-state index contributed by atoms with van der Waals surface area (Å²) < 4.78 is 5.51. The van der Waals surface area contributed by atoms with Crippen molar-refractivity contribution in [2.75, 3.05) is 0 Å². The Balaban J connectivity index is 1.79. The van der Waals surface area contributed by atoms with Crippen LogP contribution in [0.5, 0.6) is 0 Å². The van der Waals surface area contributed by atoms with Crippen molar-refractivity contribution < 1.29 is 14.8 Å². The second-order valence-corrected chi connectivity index (χ2v) is 5.81. The molecule has 2 heterocycles. The number of nitrogens with two attached hydrogens (primary N) is 1. The van der Waals surface area contributed by atoms with Gasteiger partial charge in [-0.05, 0) is 25.0 Å². The summed E-state index contributed by atoms with van der Waals surface area (Å²) in [7, 11) is 0. The highest BCUT2D eigenvalue weighted by atomic mass is 16.3.